The summed E-state index contributed by atoms with van der Waals surface area (Å²) in [5.41, 5.74) is 0.784. The zero-order valence-electron chi connectivity index (χ0n) is 10.1. The van der Waals surface area contributed by atoms with E-state index in [9.17, 15) is 4.79 Å². The lowest BCUT2D eigenvalue weighted by atomic mass is 10.1. The number of ether oxygens (including phenoxy) is 1. The molecule has 0 aromatic heterocycles. The lowest BCUT2D eigenvalue weighted by Gasteiger charge is -2.10. The van der Waals surface area contributed by atoms with Gasteiger partial charge in [-0.3, -0.25) is 0 Å². The van der Waals surface area contributed by atoms with Crippen LogP contribution in [-0.2, 0) is 6.61 Å². The Morgan fingerprint density at radius 1 is 1.05 bits per heavy atom. The fraction of sp³-hybridized carbons (Fsp3) is 0.0714. The van der Waals surface area contributed by atoms with Crippen molar-refractivity contribution in [2.75, 3.05) is 0 Å². The number of hydrogen-bond acceptors (Lipinski definition) is 2. The van der Waals surface area contributed by atoms with Crippen LogP contribution in [0.2, 0.25) is 15.1 Å². The lowest BCUT2D eigenvalue weighted by Crippen LogP contribution is -2.00. The molecule has 0 amide bonds. The van der Waals surface area contributed by atoms with E-state index >= 15 is 0 Å². The Morgan fingerprint density at radius 3 is 2.45 bits per heavy atom. The second kappa shape index (κ2) is 6.35. The summed E-state index contributed by atoms with van der Waals surface area (Å²) < 4.78 is 5.54. The maximum atomic E-state index is 10.8. The number of carboxylic acids is 1. The predicted octanol–water partition coefficient (Wildman–Crippen LogP) is 4.92. The van der Waals surface area contributed by atoms with Gasteiger partial charge in [-0.2, -0.15) is 0 Å². The Balaban J connectivity index is 2.15. The first-order chi connectivity index (χ1) is 9.47. The van der Waals surface area contributed by atoms with Crippen LogP contribution in [0.25, 0.3) is 0 Å². The van der Waals surface area contributed by atoms with E-state index in [0.717, 1.165) is 0 Å². The molecular weight excluding hydrogens is 323 g/mol. The highest BCUT2D eigenvalue weighted by Crippen LogP contribution is 2.29. The average molecular weight is 332 g/mol. The summed E-state index contributed by atoms with van der Waals surface area (Å²) in [5, 5.41) is 10.1. The Hall–Kier alpha value is -1.42. The lowest BCUT2D eigenvalue weighted by molar-refractivity contribution is 0.0697. The number of carbonyl (C=O) groups is 1. The SMILES string of the molecule is O=C(O)c1ccc(COc2cc(Cl)ccc2Cl)c(Cl)c1. The quantitative estimate of drug-likeness (QED) is 0.864. The molecule has 0 unspecified atom stereocenters. The zero-order chi connectivity index (χ0) is 14.7. The van der Waals surface area contributed by atoms with Crippen LogP contribution in [0.4, 0.5) is 0 Å². The molecule has 0 aliphatic rings. The van der Waals surface area contributed by atoms with Gasteiger partial charge in [-0.25, -0.2) is 4.79 Å². The molecule has 6 heteroatoms. The minimum atomic E-state index is -1.03. The Bertz CT molecular complexity index is 656. The molecule has 0 saturated heterocycles. The third-order valence-corrected chi connectivity index (χ3v) is 3.48. The van der Waals surface area contributed by atoms with Crippen molar-refractivity contribution in [3.63, 3.8) is 0 Å². The molecule has 2 aromatic carbocycles. The van der Waals surface area contributed by atoms with Crippen LogP contribution in [0.15, 0.2) is 36.4 Å². The summed E-state index contributed by atoms with van der Waals surface area (Å²) in [4.78, 5) is 10.8. The van der Waals surface area contributed by atoms with Crippen LogP contribution in [0.5, 0.6) is 5.75 Å². The first-order valence-electron chi connectivity index (χ1n) is 5.57. The van der Waals surface area contributed by atoms with Gasteiger partial charge in [-0.15, -0.1) is 0 Å². The topological polar surface area (TPSA) is 46.5 Å². The van der Waals surface area contributed by atoms with E-state index in [2.05, 4.69) is 0 Å². The van der Waals surface area contributed by atoms with Crippen LogP contribution < -0.4 is 4.74 Å². The van der Waals surface area contributed by atoms with Crippen molar-refractivity contribution in [2.45, 2.75) is 6.61 Å². The maximum absolute atomic E-state index is 10.8. The molecule has 0 bridgehead atoms. The molecule has 0 saturated carbocycles. The number of carboxylic acid groups (broad SMARTS) is 1. The first kappa shape index (κ1) is 15.0. The van der Waals surface area contributed by atoms with Crippen LogP contribution in [0.1, 0.15) is 15.9 Å². The molecule has 0 aliphatic carbocycles. The van der Waals surface area contributed by atoms with Gasteiger partial charge >= 0.3 is 5.97 Å². The van der Waals surface area contributed by atoms with E-state index in [0.29, 0.717) is 26.4 Å². The molecule has 2 rings (SSSR count). The van der Waals surface area contributed by atoms with Gasteiger partial charge in [0.25, 0.3) is 0 Å². The van der Waals surface area contributed by atoms with Crippen LogP contribution in [0, 0.1) is 0 Å². The van der Waals surface area contributed by atoms with Crippen molar-refractivity contribution in [3.8, 4) is 5.75 Å². The first-order valence-corrected chi connectivity index (χ1v) is 6.70. The highest BCUT2D eigenvalue weighted by Gasteiger charge is 2.09. The normalized spacial score (nSPS) is 10.3. The minimum Gasteiger partial charge on any atom is -0.487 e. The smallest absolute Gasteiger partial charge is 0.335 e. The molecule has 0 spiro atoms. The van der Waals surface area contributed by atoms with Crippen molar-refractivity contribution in [3.05, 3.63) is 62.6 Å². The summed E-state index contributed by atoms with van der Waals surface area (Å²) >= 11 is 17.8. The van der Waals surface area contributed by atoms with E-state index < -0.39 is 5.97 Å². The zero-order valence-corrected chi connectivity index (χ0v) is 12.3. The molecular formula is C14H9Cl3O3. The molecule has 104 valence electrons. The van der Waals surface area contributed by atoms with Gasteiger partial charge < -0.3 is 9.84 Å². The summed E-state index contributed by atoms with van der Waals surface area (Å²) in [7, 11) is 0. The summed E-state index contributed by atoms with van der Waals surface area (Å²) in [6, 6.07) is 9.34. The number of hydrogen-bond donors (Lipinski definition) is 1. The maximum Gasteiger partial charge on any atom is 0.335 e. The van der Waals surface area contributed by atoms with Gasteiger partial charge in [0.15, 0.2) is 0 Å². The van der Waals surface area contributed by atoms with Crippen LogP contribution >= 0.6 is 34.8 Å². The van der Waals surface area contributed by atoms with E-state index in [-0.39, 0.29) is 12.2 Å². The van der Waals surface area contributed by atoms with Crippen molar-refractivity contribution in [1.82, 2.24) is 0 Å². The second-order valence-corrected chi connectivity index (χ2v) is 5.23. The largest absolute Gasteiger partial charge is 0.487 e. The Labute approximate surface area is 130 Å². The van der Waals surface area contributed by atoms with E-state index in [1.165, 1.54) is 12.1 Å². The van der Waals surface area contributed by atoms with Gasteiger partial charge in [0.05, 0.1) is 10.6 Å². The van der Waals surface area contributed by atoms with Crippen LogP contribution in [-0.4, -0.2) is 11.1 Å². The fourth-order valence-electron chi connectivity index (χ4n) is 1.54. The molecule has 2 aromatic rings. The number of aromatic carboxylic acids is 1. The van der Waals surface area contributed by atoms with Gasteiger partial charge in [0.1, 0.15) is 12.4 Å². The predicted molar refractivity (Wildman–Crippen MR) is 79.2 cm³/mol. The minimum absolute atomic E-state index is 0.125. The summed E-state index contributed by atoms with van der Waals surface area (Å²) in [5.74, 6) is -0.588. The molecule has 3 nitrogen and oxygen atoms in total. The Kier molecular flexibility index (Phi) is 4.76. The highest BCUT2D eigenvalue weighted by atomic mass is 35.5. The van der Waals surface area contributed by atoms with Crippen molar-refractivity contribution < 1.29 is 14.6 Å². The fourth-order valence-corrected chi connectivity index (χ4v) is 2.11. The summed E-state index contributed by atoms with van der Waals surface area (Å²) in [6.07, 6.45) is 0. The number of rotatable bonds is 4. The van der Waals surface area contributed by atoms with Gasteiger partial charge in [-0.05, 0) is 24.3 Å². The van der Waals surface area contributed by atoms with E-state index in [1.54, 1.807) is 24.3 Å². The van der Waals surface area contributed by atoms with Crippen molar-refractivity contribution in [2.24, 2.45) is 0 Å². The molecule has 20 heavy (non-hydrogen) atoms. The molecule has 1 N–H and O–H groups in total. The molecule has 0 fully saturated rings. The average Bonchev–Trinajstić information content (AvgIpc) is 2.40. The van der Waals surface area contributed by atoms with Crippen LogP contribution in [0.3, 0.4) is 0 Å². The summed E-state index contributed by atoms with van der Waals surface area (Å²) in [6.45, 7) is 0.165. The molecule has 0 radical (unpaired) electrons. The molecule has 0 atom stereocenters. The molecule has 0 heterocycles. The van der Waals surface area contributed by atoms with Crippen molar-refractivity contribution >= 4 is 40.8 Å². The monoisotopic (exact) mass is 330 g/mol. The van der Waals surface area contributed by atoms with E-state index in [1.807, 2.05) is 0 Å². The third-order valence-electron chi connectivity index (χ3n) is 2.58. The van der Waals surface area contributed by atoms with Crippen molar-refractivity contribution in [1.29, 1.82) is 0 Å². The number of halogens is 3. The third kappa shape index (κ3) is 3.57. The van der Waals surface area contributed by atoms with Gasteiger partial charge in [0.2, 0.25) is 0 Å². The second-order valence-electron chi connectivity index (χ2n) is 3.97. The highest BCUT2D eigenvalue weighted by molar-refractivity contribution is 6.34. The van der Waals surface area contributed by atoms with Gasteiger partial charge in [0, 0.05) is 21.7 Å². The number of benzene rings is 2. The molecule has 0 aliphatic heterocycles. The van der Waals surface area contributed by atoms with E-state index in [4.69, 9.17) is 44.6 Å². The van der Waals surface area contributed by atoms with Gasteiger partial charge in [-0.1, -0.05) is 40.9 Å². The standard InChI is InChI=1S/C14H9Cl3O3/c15-10-3-4-11(16)13(6-10)20-7-9-2-1-8(14(18)19)5-12(9)17/h1-6H,7H2,(H,18,19). The Morgan fingerprint density at radius 2 is 1.80 bits per heavy atom.